The van der Waals surface area contributed by atoms with Crippen LogP contribution in [0.1, 0.15) is 11.3 Å². The highest BCUT2D eigenvalue weighted by atomic mass is 19.4. The number of aromatic nitrogens is 2. The Labute approximate surface area is 107 Å². The van der Waals surface area contributed by atoms with Crippen molar-refractivity contribution in [3.05, 3.63) is 41.6 Å². The lowest BCUT2D eigenvalue weighted by Crippen LogP contribution is -2.12. The lowest BCUT2D eigenvalue weighted by Gasteiger charge is -2.11. The van der Waals surface area contributed by atoms with Crippen molar-refractivity contribution in [3.8, 4) is 0 Å². The van der Waals surface area contributed by atoms with E-state index in [1.807, 2.05) is 19.1 Å². The fourth-order valence-corrected chi connectivity index (χ4v) is 1.53. The Hall–Kier alpha value is -2.31. The van der Waals surface area contributed by atoms with Gasteiger partial charge in [0.2, 0.25) is 5.95 Å². The van der Waals surface area contributed by atoms with Gasteiger partial charge in [0.25, 0.3) is 0 Å². The normalized spacial score (nSPS) is 11.4. The summed E-state index contributed by atoms with van der Waals surface area (Å²) in [6.07, 6.45) is -4.56. The predicted molar refractivity (Wildman–Crippen MR) is 65.9 cm³/mol. The molecule has 1 aromatic carbocycles. The van der Waals surface area contributed by atoms with Gasteiger partial charge in [0.15, 0.2) is 5.69 Å². The largest absolute Gasteiger partial charge is 0.433 e. The molecule has 0 radical (unpaired) electrons. The molecule has 2 rings (SSSR count). The highest BCUT2D eigenvalue weighted by Gasteiger charge is 2.33. The van der Waals surface area contributed by atoms with Gasteiger partial charge in [-0.25, -0.2) is 4.98 Å². The van der Waals surface area contributed by atoms with Crippen LogP contribution >= 0.6 is 0 Å². The molecular weight excluding hydrogens is 257 g/mol. The summed E-state index contributed by atoms with van der Waals surface area (Å²) in [5, 5.41) is 2.79. The van der Waals surface area contributed by atoms with Crippen LogP contribution in [0.15, 0.2) is 30.3 Å². The van der Waals surface area contributed by atoms with Gasteiger partial charge in [-0.05, 0) is 18.6 Å². The van der Waals surface area contributed by atoms with Crippen LogP contribution in [0.3, 0.4) is 0 Å². The summed E-state index contributed by atoms with van der Waals surface area (Å²) in [7, 11) is 0. The summed E-state index contributed by atoms with van der Waals surface area (Å²) < 4.78 is 37.8. The van der Waals surface area contributed by atoms with Crippen LogP contribution in [0, 0.1) is 6.92 Å². The molecule has 3 N–H and O–H groups in total. The number of nitrogens with one attached hydrogen (secondary N) is 1. The smallest absolute Gasteiger partial charge is 0.368 e. The molecular formula is C12H11F3N4. The molecule has 0 aliphatic carbocycles. The molecule has 7 heteroatoms. The summed E-state index contributed by atoms with van der Waals surface area (Å²) in [4.78, 5) is 6.91. The fraction of sp³-hybridized carbons (Fsp3) is 0.167. The number of para-hydroxylation sites is 1. The highest BCUT2D eigenvalue weighted by Crippen LogP contribution is 2.30. The molecule has 0 unspecified atom stereocenters. The minimum Gasteiger partial charge on any atom is -0.368 e. The van der Waals surface area contributed by atoms with Gasteiger partial charge in [0.05, 0.1) is 0 Å². The lowest BCUT2D eigenvalue weighted by atomic mass is 10.2. The van der Waals surface area contributed by atoms with E-state index >= 15 is 0 Å². The Bertz CT molecular complexity index is 596. The van der Waals surface area contributed by atoms with Gasteiger partial charge in [-0.3, -0.25) is 0 Å². The zero-order valence-electron chi connectivity index (χ0n) is 9.99. The molecule has 0 saturated carbocycles. The van der Waals surface area contributed by atoms with Gasteiger partial charge in [-0.2, -0.15) is 18.2 Å². The van der Waals surface area contributed by atoms with Crippen LogP contribution < -0.4 is 11.1 Å². The molecule has 100 valence electrons. The van der Waals surface area contributed by atoms with E-state index in [1.54, 1.807) is 12.1 Å². The zero-order chi connectivity index (χ0) is 14.0. The highest BCUT2D eigenvalue weighted by molar-refractivity contribution is 5.61. The van der Waals surface area contributed by atoms with E-state index in [-0.39, 0.29) is 5.82 Å². The lowest BCUT2D eigenvalue weighted by molar-refractivity contribution is -0.141. The molecule has 0 amide bonds. The molecule has 0 aliphatic rings. The van der Waals surface area contributed by atoms with E-state index in [9.17, 15) is 13.2 Å². The molecule has 1 aromatic heterocycles. The van der Waals surface area contributed by atoms with E-state index in [0.29, 0.717) is 5.69 Å². The van der Waals surface area contributed by atoms with Crippen molar-refractivity contribution in [1.82, 2.24) is 9.97 Å². The van der Waals surface area contributed by atoms with Crippen LogP contribution in [0.5, 0.6) is 0 Å². The fourth-order valence-electron chi connectivity index (χ4n) is 1.53. The number of nitrogens with two attached hydrogens (primary N) is 1. The SMILES string of the molecule is Cc1ccccc1Nc1cc(C(F)(F)F)nc(N)n1. The average molecular weight is 268 g/mol. The minimum absolute atomic E-state index is 0.00845. The maximum Gasteiger partial charge on any atom is 0.433 e. The Morgan fingerprint density at radius 3 is 2.47 bits per heavy atom. The number of hydrogen-bond donors (Lipinski definition) is 2. The number of halogens is 3. The predicted octanol–water partition coefficient (Wildman–Crippen LogP) is 3.13. The molecule has 0 bridgehead atoms. The number of anilines is 3. The van der Waals surface area contributed by atoms with Gasteiger partial charge in [0.1, 0.15) is 5.82 Å². The maximum absolute atomic E-state index is 12.6. The number of alkyl halides is 3. The average Bonchev–Trinajstić information content (AvgIpc) is 2.30. The van der Waals surface area contributed by atoms with Gasteiger partial charge < -0.3 is 11.1 Å². The summed E-state index contributed by atoms with van der Waals surface area (Å²) in [6.45, 7) is 1.83. The number of aryl methyl sites for hydroxylation is 1. The molecule has 19 heavy (non-hydrogen) atoms. The van der Waals surface area contributed by atoms with Gasteiger partial charge >= 0.3 is 6.18 Å². The van der Waals surface area contributed by atoms with E-state index in [2.05, 4.69) is 15.3 Å². The minimum atomic E-state index is -4.56. The topological polar surface area (TPSA) is 63.8 Å². The van der Waals surface area contributed by atoms with Crippen molar-refractivity contribution in [2.24, 2.45) is 0 Å². The van der Waals surface area contributed by atoms with Crippen molar-refractivity contribution in [2.75, 3.05) is 11.1 Å². The van der Waals surface area contributed by atoms with Crippen LogP contribution in [-0.2, 0) is 6.18 Å². The first-order chi connectivity index (χ1) is 8.86. The second kappa shape index (κ2) is 4.75. The number of nitrogens with zero attached hydrogens (tertiary/aromatic N) is 2. The number of hydrogen-bond acceptors (Lipinski definition) is 4. The molecule has 4 nitrogen and oxygen atoms in total. The third kappa shape index (κ3) is 3.12. The number of nitrogen functional groups attached to an aromatic ring is 1. The monoisotopic (exact) mass is 268 g/mol. The van der Waals surface area contributed by atoms with Crippen molar-refractivity contribution < 1.29 is 13.2 Å². The van der Waals surface area contributed by atoms with Crippen LogP contribution in [0.4, 0.5) is 30.6 Å². The third-order valence-corrected chi connectivity index (χ3v) is 2.44. The first-order valence-electron chi connectivity index (χ1n) is 5.40. The first kappa shape index (κ1) is 13.1. The third-order valence-electron chi connectivity index (χ3n) is 2.44. The Morgan fingerprint density at radius 2 is 1.84 bits per heavy atom. The van der Waals surface area contributed by atoms with E-state index in [1.165, 1.54) is 0 Å². The molecule has 0 spiro atoms. The summed E-state index contributed by atoms with van der Waals surface area (Å²) in [5.74, 6) is -0.417. The Morgan fingerprint density at radius 1 is 1.16 bits per heavy atom. The van der Waals surface area contributed by atoms with E-state index in [4.69, 9.17) is 5.73 Å². The Balaban J connectivity index is 2.36. The van der Waals surface area contributed by atoms with E-state index in [0.717, 1.165) is 11.6 Å². The van der Waals surface area contributed by atoms with Crippen molar-refractivity contribution in [2.45, 2.75) is 13.1 Å². The number of benzene rings is 1. The maximum atomic E-state index is 12.6. The second-order valence-corrected chi connectivity index (χ2v) is 3.93. The standard InChI is InChI=1S/C12H11F3N4/c1-7-4-2-3-5-8(7)17-10-6-9(12(13,14)15)18-11(16)19-10/h2-6H,1H3,(H3,16,17,18,19). The first-order valence-corrected chi connectivity index (χ1v) is 5.40. The second-order valence-electron chi connectivity index (χ2n) is 3.93. The van der Waals surface area contributed by atoms with Crippen molar-refractivity contribution >= 4 is 17.5 Å². The molecule has 0 saturated heterocycles. The summed E-state index contributed by atoms with van der Waals surface area (Å²) in [5.41, 5.74) is 5.76. The van der Waals surface area contributed by atoms with Crippen molar-refractivity contribution in [1.29, 1.82) is 0 Å². The summed E-state index contributed by atoms with van der Waals surface area (Å²) in [6, 6.07) is 7.99. The summed E-state index contributed by atoms with van der Waals surface area (Å²) >= 11 is 0. The molecule has 0 fully saturated rings. The van der Waals surface area contributed by atoms with Crippen LogP contribution in [0.25, 0.3) is 0 Å². The van der Waals surface area contributed by atoms with Gasteiger partial charge in [-0.1, -0.05) is 18.2 Å². The number of rotatable bonds is 2. The van der Waals surface area contributed by atoms with Crippen LogP contribution in [0.2, 0.25) is 0 Å². The zero-order valence-corrected chi connectivity index (χ0v) is 9.99. The Kier molecular flexibility index (Phi) is 3.28. The molecule has 0 atom stereocenters. The van der Waals surface area contributed by atoms with Gasteiger partial charge in [0, 0.05) is 11.8 Å². The quantitative estimate of drug-likeness (QED) is 0.878. The van der Waals surface area contributed by atoms with Crippen molar-refractivity contribution in [3.63, 3.8) is 0 Å². The molecule has 0 aliphatic heterocycles. The van der Waals surface area contributed by atoms with Gasteiger partial charge in [-0.15, -0.1) is 0 Å². The van der Waals surface area contributed by atoms with E-state index < -0.39 is 17.8 Å². The van der Waals surface area contributed by atoms with Crippen LogP contribution in [-0.4, -0.2) is 9.97 Å². The molecule has 1 heterocycles. The molecule has 2 aromatic rings.